The van der Waals surface area contributed by atoms with Crippen molar-refractivity contribution in [2.75, 3.05) is 18.0 Å². The summed E-state index contributed by atoms with van der Waals surface area (Å²) in [4.78, 5) is 22.9. The third-order valence-electron chi connectivity index (χ3n) is 3.17. The zero-order chi connectivity index (χ0) is 14.0. The minimum Gasteiger partial charge on any atom is -0.477 e. The molecule has 1 unspecified atom stereocenters. The van der Waals surface area contributed by atoms with Crippen molar-refractivity contribution >= 4 is 17.3 Å². The Balaban J connectivity index is 2.35. The van der Waals surface area contributed by atoms with Crippen LogP contribution in [0, 0.1) is 10.1 Å². The van der Waals surface area contributed by atoms with E-state index >= 15 is 0 Å². The van der Waals surface area contributed by atoms with E-state index in [4.69, 9.17) is 5.11 Å². The molecule has 19 heavy (non-hydrogen) atoms. The maximum absolute atomic E-state index is 10.9. The van der Waals surface area contributed by atoms with Crippen molar-refractivity contribution in [2.24, 2.45) is 0 Å². The van der Waals surface area contributed by atoms with Crippen molar-refractivity contribution in [1.82, 2.24) is 0 Å². The number of hydrogen-bond acceptors (Lipinski definition) is 5. The Morgan fingerprint density at radius 1 is 1.47 bits per heavy atom. The first-order chi connectivity index (χ1) is 8.99. The number of carboxylic acids is 1. The predicted octanol–water partition coefficient (Wildman–Crippen LogP) is 1.25. The number of anilines is 1. The number of carboxylic acid groups (broad SMARTS) is 1. The van der Waals surface area contributed by atoms with Gasteiger partial charge in [0.1, 0.15) is 5.56 Å². The van der Waals surface area contributed by atoms with Crippen molar-refractivity contribution in [3.8, 4) is 0 Å². The molecule has 1 aromatic rings. The van der Waals surface area contributed by atoms with Crippen LogP contribution in [0.1, 0.15) is 23.2 Å². The van der Waals surface area contributed by atoms with Gasteiger partial charge in [-0.3, -0.25) is 10.1 Å². The summed E-state index contributed by atoms with van der Waals surface area (Å²) in [5.41, 5.74) is -0.188. The number of rotatable bonds is 3. The lowest BCUT2D eigenvalue weighted by atomic mass is 10.1. The molecular weight excluding hydrogens is 252 g/mol. The molecule has 1 heterocycles. The SMILES string of the molecule is O=C(O)c1ccc(N2CCCC(O)C2)cc1[N+](=O)[O-]. The van der Waals surface area contributed by atoms with Crippen molar-refractivity contribution < 1.29 is 19.9 Å². The van der Waals surface area contributed by atoms with Crippen LogP contribution in [0.25, 0.3) is 0 Å². The fourth-order valence-electron chi connectivity index (χ4n) is 2.24. The van der Waals surface area contributed by atoms with Gasteiger partial charge >= 0.3 is 5.97 Å². The molecule has 102 valence electrons. The maximum atomic E-state index is 10.9. The Morgan fingerprint density at radius 2 is 2.21 bits per heavy atom. The molecule has 1 aliphatic heterocycles. The lowest BCUT2D eigenvalue weighted by molar-refractivity contribution is -0.385. The fraction of sp³-hybridized carbons (Fsp3) is 0.417. The van der Waals surface area contributed by atoms with Crippen molar-refractivity contribution in [3.05, 3.63) is 33.9 Å². The number of piperidine rings is 1. The monoisotopic (exact) mass is 266 g/mol. The van der Waals surface area contributed by atoms with Gasteiger partial charge in [0.2, 0.25) is 0 Å². The number of nitro groups is 1. The summed E-state index contributed by atoms with van der Waals surface area (Å²) >= 11 is 0. The summed E-state index contributed by atoms with van der Waals surface area (Å²) < 4.78 is 0. The van der Waals surface area contributed by atoms with Crippen LogP contribution in [0.3, 0.4) is 0 Å². The van der Waals surface area contributed by atoms with Crippen LogP contribution in [0.4, 0.5) is 11.4 Å². The van der Waals surface area contributed by atoms with E-state index in [9.17, 15) is 20.0 Å². The van der Waals surface area contributed by atoms with Crippen LogP contribution in [-0.2, 0) is 0 Å². The first kappa shape index (κ1) is 13.3. The lowest BCUT2D eigenvalue weighted by Crippen LogP contribution is -2.38. The Bertz CT molecular complexity index is 517. The molecule has 0 aromatic heterocycles. The van der Waals surface area contributed by atoms with Crippen molar-refractivity contribution in [1.29, 1.82) is 0 Å². The molecule has 1 aliphatic rings. The van der Waals surface area contributed by atoms with E-state index in [1.807, 2.05) is 4.90 Å². The van der Waals surface area contributed by atoms with E-state index < -0.39 is 22.7 Å². The van der Waals surface area contributed by atoms with E-state index in [2.05, 4.69) is 0 Å². The molecule has 7 heteroatoms. The topological polar surface area (TPSA) is 104 Å². The highest BCUT2D eigenvalue weighted by Gasteiger charge is 2.24. The number of aliphatic hydroxyl groups is 1. The second-order valence-electron chi connectivity index (χ2n) is 4.51. The third-order valence-corrected chi connectivity index (χ3v) is 3.17. The van der Waals surface area contributed by atoms with E-state index in [-0.39, 0.29) is 5.56 Å². The number of carbonyl (C=O) groups is 1. The average molecular weight is 266 g/mol. The summed E-state index contributed by atoms with van der Waals surface area (Å²) in [5, 5.41) is 29.4. The van der Waals surface area contributed by atoms with Gasteiger partial charge in [-0.05, 0) is 25.0 Å². The Morgan fingerprint density at radius 3 is 2.79 bits per heavy atom. The molecule has 1 aromatic carbocycles. The van der Waals surface area contributed by atoms with Gasteiger partial charge in [-0.25, -0.2) is 4.79 Å². The van der Waals surface area contributed by atoms with E-state index in [0.717, 1.165) is 6.42 Å². The Hall–Kier alpha value is -2.15. The van der Waals surface area contributed by atoms with Crippen LogP contribution in [0.5, 0.6) is 0 Å². The molecule has 0 bridgehead atoms. The van der Waals surface area contributed by atoms with Gasteiger partial charge in [-0.2, -0.15) is 0 Å². The average Bonchev–Trinajstić information content (AvgIpc) is 2.37. The molecule has 1 saturated heterocycles. The molecule has 2 rings (SSSR count). The van der Waals surface area contributed by atoms with Gasteiger partial charge in [0.05, 0.1) is 11.0 Å². The standard InChI is InChI=1S/C12H14N2O5/c15-9-2-1-5-13(7-9)8-3-4-10(12(16)17)11(6-8)14(18)19/h3-4,6,9,15H,1-2,5,7H2,(H,16,17). The quantitative estimate of drug-likeness (QED) is 0.630. The number of β-amino-alcohol motifs (C(OH)–C–C–N with tert-alkyl or cyclic N) is 1. The summed E-state index contributed by atoms with van der Waals surface area (Å²) in [6.45, 7) is 1.10. The van der Waals surface area contributed by atoms with Gasteiger partial charge < -0.3 is 15.1 Å². The highest BCUT2D eigenvalue weighted by molar-refractivity contribution is 5.93. The summed E-state index contributed by atoms with van der Waals surface area (Å²) in [6, 6.07) is 4.02. The number of nitrogens with zero attached hydrogens (tertiary/aromatic N) is 2. The molecule has 7 nitrogen and oxygen atoms in total. The second kappa shape index (κ2) is 5.23. The Kier molecular flexibility index (Phi) is 3.66. The molecule has 0 saturated carbocycles. The molecule has 2 N–H and O–H groups in total. The summed E-state index contributed by atoms with van der Waals surface area (Å²) in [7, 11) is 0. The second-order valence-corrected chi connectivity index (χ2v) is 4.51. The number of benzene rings is 1. The number of hydrogen-bond donors (Lipinski definition) is 2. The first-order valence-electron chi connectivity index (χ1n) is 5.94. The largest absolute Gasteiger partial charge is 0.477 e. The van der Waals surface area contributed by atoms with Crippen molar-refractivity contribution in [2.45, 2.75) is 18.9 Å². The van der Waals surface area contributed by atoms with Gasteiger partial charge in [-0.1, -0.05) is 0 Å². The number of aromatic carboxylic acids is 1. The summed E-state index contributed by atoms with van der Waals surface area (Å²) in [6.07, 6.45) is 1.06. The van der Waals surface area contributed by atoms with Gasteiger partial charge in [0, 0.05) is 24.8 Å². The zero-order valence-electron chi connectivity index (χ0n) is 10.2. The number of aliphatic hydroxyl groups excluding tert-OH is 1. The van der Waals surface area contributed by atoms with E-state index in [1.54, 1.807) is 0 Å². The molecule has 0 amide bonds. The van der Waals surface area contributed by atoms with Crippen LogP contribution < -0.4 is 4.90 Å². The molecule has 0 spiro atoms. The minimum atomic E-state index is -1.32. The highest BCUT2D eigenvalue weighted by atomic mass is 16.6. The smallest absolute Gasteiger partial charge is 0.342 e. The fourth-order valence-corrected chi connectivity index (χ4v) is 2.24. The van der Waals surface area contributed by atoms with Gasteiger partial charge in [0.25, 0.3) is 5.69 Å². The van der Waals surface area contributed by atoms with E-state index in [1.165, 1.54) is 18.2 Å². The summed E-state index contributed by atoms with van der Waals surface area (Å²) in [5.74, 6) is -1.32. The van der Waals surface area contributed by atoms with Crippen molar-refractivity contribution in [3.63, 3.8) is 0 Å². The van der Waals surface area contributed by atoms with Crippen LogP contribution in [0.15, 0.2) is 18.2 Å². The lowest BCUT2D eigenvalue weighted by Gasteiger charge is -2.31. The molecular formula is C12H14N2O5. The van der Waals surface area contributed by atoms with Gasteiger partial charge in [-0.15, -0.1) is 0 Å². The van der Waals surface area contributed by atoms with E-state index in [0.29, 0.717) is 25.2 Å². The normalized spacial score (nSPS) is 19.2. The molecule has 1 fully saturated rings. The predicted molar refractivity (Wildman–Crippen MR) is 67.5 cm³/mol. The molecule has 1 atom stereocenters. The van der Waals surface area contributed by atoms with Crippen LogP contribution in [-0.4, -0.2) is 40.3 Å². The molecule has 0 radical (unpaired) electrons. The first-order valence-corrected chi connectivity index (χ1v) is 5.94. The highest BCUT2D eigenvalue weighted by Crippen LogP contribution is 2.27. The number of nitro benzene ring substituents is 1. The van der Waals surface area contributed by atoms with Crippen LogP contribution in [0.2, 0.25) is 0 Å². The maximum Gasteiger partial charge on any atom is 0.342 e. The van der Waals surface area contributed by atoms with Gasteiger partial charge in [0.15, 0.2) is 0 Å². The molecule has 0 aliphatic carbocycles. The van der Waals surface area contributed by atoms with Crippen LogP contribution >= 0.6 is 0 Å². The minimum absolute atomic E-state index is 0.327. The zero-order valence-corrected chi connectivity index (χ0v) is 10.2. The Labute approximate surface area is 109 Å². The third kappa shape index (κ3) is 2.82.